The number of hydrogen-bond donors (Lipinski definition) is 0. The van der Waals surface area contributed by atoms with Crippen LogP contribution in [0.1, 0.15) is 29.5 Å². The highest BCUT2D eigenvalue weighted by molar-refractivity contribution is 9.10. The third kappa shape index (κ3) is 1.84. The summed E-state index contributed by atoms with van der Waals surface area (Å²) < 4.78 is 6.45. The zero-order valence-electron chi connectivity index (χ0n) is 8.63. The average molecular weight is 267 g/mol. The third-order valence-corrected chi connectivity index (χ3v) is 2.78. The van der Waals surface area contributed by atoms with Crippen LogP contribution in [0.4, 0.5) is 0 Å². The summed E-state index contributed by atoms with van der Waals surface area (Å²) in [6.45, 7) is 3.74. The van der Waals surface area contributed by atoms with E-state index in [9.17, 15) is 4.79 Å². The molecule has 0 atom stereocenters. The van der Waals surface area contributed by atoms with Crippen molar-refractivity contribution >= 4 is 32.7 Å². The first kappa shape index (κ1) is 10.4. The molecule has 0 aliphatic heterocycles. The van der Waals surface area contributed by atoms with Gasteiger partial charge in [0.05, 0.1) is 5.56 Å². The highest BCUT2D eigenvalue weighted by Gasteiger charge is 2.13. The van der Waals surface area contributed by atoms with Crippen molar-refractivity contribution in [1.29, 1.82) is 0 Å². The van der Waals surface area contributed by atoms with E-state index in [-0.39, 0.29) is 5.78 Å². The molecule has 78 valence electrons. The number of carbonyl (C=O) groups is 1. The van der Waals surface area contributed by atoms with Crippen molar-refractivity contribution < 1.29 is 9.21 Å². The second-order valence-electron chi connectivity index (χ2n) is 3.51. The van der Waals surface area contributed by atoms with E-state index in [1.54, 1.807) is 0 Å². The van der Waals surface area contributed by atoms with Crippen LogP contribution in [0.15, 0.2) is 27.1 Å². The number of rotatable bonds is 2. The largest absolute Gasteiger partial charge is 0.461 e. The van der Waals surface area contributed by atoms with Crippen LogP contribution in [0.5, 0.6) is 0 Å². The quantitative estimate of drug-likeness (QED) is 0.767. The second-order valence-corrected chi connectivity index (χ2v) is 4.42. The number of fused-ring (bicyclic) bond motifs is 1. The summed E-state index contributed by atoms with van der Waals surface area (Å²) in [6, 6.07) is 5.71. The maximum Gasteiger partial charge on any atom is 0.166 e. The number of halogens is 1. The van der Waals surface area contributed by atoms with Gasteiger partial charge in [0.1, 0.15) is 11.3 Å². The fourth-order valence-electron chi connectivity index (χ4n) is 1.64. The van der Waals surface area contributed by atoms with Gasteiger partial charge in [0.2, 0.25) is 0 Å². The number of furan rings is 1. The molecule has 2 nitrogen and oxygen atoms in total. The van der Waals surface area contributed by atoms with Gasteiger partial charge in [-0.2, -0.15) is 0 Å². The van der Waals surface area contributed by atoms with E-state index >= 15 is 0 Å². The van der Waals surface area contributed by atoms with Crippen molar-refractivity contribution in [3.8, 4) is 0 Å². The zero-order chi connectivity index (χ0) is 11.0. The molecule has 0 fully saturated rings. The lowest BCUT2D eigenvalue weighted by Crippen LogP contribution is -1.96. The summed E-state index contributed by atoms with van der Waals surface area (Å²) in [5.41, 5.74) is 1.36. The number of benzene rings is 1. The smallest absolute Gasteiger partial charge is 0.166 e. The van der Waals surface area contributed by atoms with Crippen LogP contribution < -0.4 is 0 Å². The maximum atomic E-state index is 11.7. The van der Waals surface area contributed by atoms with Gasteiger partial charge in [0.15, 0.2) is 5.78 Å². The Labute approximate surface area is 96.4 Å². The molecule has 3 heteroatoms. The molecule has 2 aromatic rings. The molecular formula is C12H11BrO2. The Bertz CT molecular complexity index is 526. The minimum absolute atomic E-state index is 0.107. The summed E-state index contributed by atoms with van der Waals surface area (Å²) in [6.07, 6.45) is 0.491. The zero-order valence-corrected chi connectivity index (χ0v) is 10.2. The first-order valence-electron chi connectivity index (χ1n) is 4.84. The molecule has 0 radical (unpaired) electrons. The van der Waals surface area contributed by atoms with Crippen LogP contribution in [0.2, 0.25) is 0 Å². The van der Waals surface area contributed by atoms with Crippen molar-refractivity contribution in [3.63, 3.8) is 0 Å². The van der Waals surface area contributed by atoms with Gasteiger partial charge in [-0.15, -0.1) is 0 Å². The minimum Gasteiger partial charge on any atom is -0.461 e. The molecule has 0 amide bonds. The highest BCUT2D eigenvalue weighted by Crippen LogP contribution is 2.28. The van der Waals surface area contributed by atoms with Gasteiger partial charge in [-0.25, -0.2) is 0 Å². The van der Waals surface area contributed by atoms with Crippen LogP contribution in [0.25, 0.3) is 11.0 Å². The van der Waals surface area contributed by atoms with E-state index in [0.717, 1.165) is 15.6 Å². The van der Waals surface area contributed by atoms with Gasteiger partial charge in [-0.3, -0.25) is 4.79 Å². The minimum atomic E-state index is 0.107. The van der Waals surface area contributed by atoms with E-state index in [0.29, 0.717) is 17.6 Å². The Morgan fingerprint density at radius 3 is 2.80 bits per heavy atom. The van der Waals surface area contributed by atoms with Crippen molar-refractivity contribution in [2.45, 2.75) is 20.3 Å². The Morgan fingerprint density at radius 2 is 2.13 bits per heavy atom. The van der Waals surface area contributed by atoms with Crippen molar-refractivity contribution in [2.24, 2.45) is 0 Å². The molecule has 0 aliphatic carbocycles. The molecule has 0 N–H and O–H groups in total. The van der Waals surface area contributed by atoms with Crippen LogP contribution in [-0.4, -0.2) is 5.78 Å². The fraction of sp³-hybridized carbons (Fsp3) is 0.250. The molecule has 0 spiro atoms. The van der Waals surface area contributed by atoms with E-state index in [1.807, 2.05) is 32.0 Å². The average Bonchev–Trinajstić information content (AvgIpc) is 2.55. The number of ketones is 1. The van der Waals surface area contributed by atoms with Crippen molar-refractivity contribution in [2.75, 3.05) is 0 Å². The molecule has 1 aromatic heterocycles. The van der Waals surface area contributed by atoms with Gasteiger partial charge in [-0.05, 0) is 25.1 Å². The SMILES string of the molecule is CCC(=O)c1cc(Br)cc2cc(C)oc12. The van der Waals surface area contributed by atoms with Crippen molar-refractivity contribution in [1.82, 2.24) is 0 Å². The third-order valence-electron chi connectivity index (χ3n) is 2.33. The number of Topliss-reactive ketones (excluding diaryl/α,β-unsaturated/α-hetero) is 1. The Kier molecular flexibility index (Phi) is 2.65. The molecule has 0 bridgehead atoms. The monoisotopic (exact) mass is 266 g/mol. The lowest BCUT2D eigenvalue weighted by atomic mass is 10.1. The maximum absolute atomic E-state index is 11.7. The summed E-state index contributed by atoms with van der Waals surface area (Å²) in [5, 5.41) is 0.971. The summed E-state index contributed by atoms with van der Waals surface area (Å²) >= 11 is 3.40. The first-order valence-corrected chi connectivity index (χ1v) is 5.64. The molecule has 0 aliphatic rings. The number of aryl methyl sites for hydroxylation is 1. The number of carbonyl (C=O) groups excluding carboxylic acids is 1. The summed E-state index contributed by atoms with van der Waals surface area (Å²) in [5.74, 6) is 0.934. The molecule has 1 heterocycles. The van der Waals surface area contributed by atoms with E-state index in [2.05, 4.69) is 15.9 Å². The van der Waals surface area contributed by atoms with Crippen LogP contribution in [0, 0.1) is 6.92 Å². The Morgan fingerprint density at radius 1 is 1.40 bits per heavy atom. The molecular weight excluding hydrogens is 256 g/mol. The lowest BCUT2D eigenvalue weighted by molar-refractivity contribution is 0.0989. The summed E-state index contributed by atoms with van der Waals surface area (Å²) in [4.78, 5) is 11.7. The van der Waals surface area contributed by atoms with E-state index in [1.165, 1.54) is 0 Å². The molecule has 2 rings (SSSR count). The van der Waals surface area contributed by atoms with E-state index in [4.69, 9.17) is 4.42 Å². The highest BCUT2D eigenvalue weighted by atomic mass is 79.9. The van der Waals surface area contributed by atoms with Crippen LogP contribution in [-0.2, 0) is 0 Å². The van der Waals surface area contributed by atoms with Gasteiger partial charge in [-0.1, -0.05) is 22.9 Å². The standard InChI is InChI=1S/C12H11BrO2/c1-3-11(14)10-6-9(13)5-8-4-7(2)15-12(8)10/h4-6H,3H2,1-2H3. The fourth-order valence-corrected chi connectivity index (χ4v) is 2.12. The number of hydrogen-bond acceptors (Lipinski definition) is 2. The molecule has 0 saturated carbocycles. The van der Waals surface area contributed by atoms with Gasteiger partial charge < -0.3 is 4.42 Å². The molecule has 0 saturated heterocycles. The Balaban J connectivity index is 2.75. The lowest BCUT2D eigenvalue weighted by Gasteiger charge is -2.00. The molecule has 1 aromatic carbocycles. The van der Waals surface area contributed by atoms with Crippen molar-refractivity contribution in [3.05, 3.63) is 34.0 Å². The summed E-state index contributed by atoms with van der Waals surface area (Å²) in [7, 11) is 0. The van der Waals surface area contributed by atoms with Gasteiger partial charge >= 0.3 is 0 Å². The topological polar surface area (TPSA) is 30.2 Å². The normalized spacial score (nSPS) is 10.9. The molecule has 15 heavy (non-hydrogen) atoms. The van der Waals surface area contributed by atoms with Gasteiger partial charge in [0, 0.05) is 16.3 Å². The molecule has 0 unspecified atom stereocenters. The van der Waals surface area contributed by atoms with Crippen LogP contribution >= 0.6 is 15.9 Å². The van der Waals surface area contributed by atoms with E-state index < -0.39 is 0 Å². The Hall–Kier alpha value is -1.09. The predicted octanol–water partition coefficient (Wildman–Crippen LogP) is 4.10. The van der Waals surface area contributed by atoms with Gasteiger partial charge in [0.25, 0.3) is 0 Å². The first-order chi connectivity index (χ1) is 7.11. The predicted molar refractivity (Wildman–Crippen MR) is 63.3 cm³/mol. The second kappa shape index (κ2) is 3.81. The van der Waals surface area contributed by atoms with Crippen LogP contribution in [0.3, 0.4) is 0 Å².